The van der Waals surface area contributed by atoms with E-state index in [9.17, 15) is 9.90 Å². The molecule has 1 aromatic rings. The van der Waals surface area contributed by atoms with Gasteiger partial charge in [0.15, 0.2) is 0 Å². The second kappa shape index (κ2) is 4.72. The molecule has 3 nitrogen and oxygen atoms in total. The van der Waals surface area contributed by atoms with Crippen LogP contribution in [-0.4, -0.2) is 5.97 Å². The van der Waals surface area contributed by atoms with Gasteiger partial charge in [-0.3, -0.25) is 0 Å². The minimum atomic E-state index is -1.26. The number of hydrogen-bond donors (Lipinski definition) is 1. The first-order chi connectivity index (χ1) is 5.11. The SMILES string of the molecule is Nc1cc(C(=O)[O-])ccc1Cl.[Na+]. The molecule has 58 valence electrons. The summed E-state index contributed by atoms with van der Waals surface area (Å²) in [5, 5.41) is 10.6. The summed E-state index contributed by atoms with van der Waals surface area (Å²) in [5.74, 6) is -1.26. The zero-order chi connectivity index (χ0) is 8.43. The summed E-state index contributed by atoms with van der Waals surface area (Å²) in [5.41, 5.74) is 5.61. The fourth-order valence-corrected chi connectivity index (χ4v) is 0.788. The number of carbonyl (C=O) groups excluding carboxylic acids is 1. The number of anilines is 1. The molecule has 0 fully saturated rings. The van der Waals surface area contributed by atoms with Crippen LogP contribution in [0.25, 0.3) is 0 Å². The second-order valence-electron chi connectivity index (χ2n) is 2.02. The molecule has 0 spiro atoms. The van der Waals surface area contributed by atoms with Gasteiger partial charge in [0, 0.05) is 0 Å². The molecule has 0 unspecified atom stereocenters. The van der Waals surface area contributed by atoms with Gasteiger partial charge in [0.05, 0.1) is 16.7 Å². The topological polar surface area (TPSA) is 66.2 Å². The first-order valence-corrected chi connectivity index (χ1v) is 3.25. The Hall–Kier alpha value is -0.220. The maximum atomic E-state index is 10.3. The van der Waals surface area contributed by atoms with Crippen LogP contribution < -0.4 is 40.4 Å². The molecule has 0 aliphatic carbocycles. The number of carbonyl (C=O) groups is 1. The van der Waals surface area contributed by atoms with E-state index in [0.717, 1.165) is 0 Å². The third kappa shape index (κ3) is 2.68. The zero-order valence-electron chi connectivity index (χ0n) is 6.50. The maximum Gasteiger partial charge on any atom is 1.00 e. The van der Waals surface area contributed by atoms with E-state index in [-0.39, 0.29) is 40.8 Å². The number of benzene rings is 1. The van der Waals surface area contributed by atoms with Crippen LogP contribution in [0.4, 0.5) is 5.69 Å². The number of carboxylic acids is 1. The molecular formula is C7H5ClNNaO2. The summed E-state index contributed by atoms with van der Waals surface area (Å²) in [6, 6.07) is 4.02. The average Bonchev–Trinajstić information content (AvgIpc) is 1.94. The van der Waals surface area contributed by atoms with Gasteiger partial charge in [-0.15, -0.1) is 0 Å². The van der Waals surface area contributed by atoms with Crippen molar-refractivity contribution >= 4 is 23.3 Å². The van der Waals surface area contributed by atoms with Gasteiger partial charge in [-0.2, -0.15) is 0 Å². The van der Waals surface area contributed by atoms with Crippen LogP contribution in [0.2, 0.25) is 5.02 Å². The van der Waals surface area contributed by atoms with Crippen molar-refractivity contribution in [2.24, 2.45) is 0 Å². The Morgan fingerprint density at radius 2 is 2.08 bits per heavy atom. The number of nitrogens with two attached hydrogens (primary N) is 1. The summed E-state index contributed by atoms with van der Waals surface area (Å²) in [6.07, 6.45) is 0. The Balaban J connectivity index is 0.00000121. The molecule has 5 heteroatoms. The van der Waals surface area contributed by atoms with Gasteiger partial charge in [0.25, 0.3) is 0 Å². The molecule has 0 aliphatic heterocycles. The van der Waals surface area contributed by atoms with E-state index in [1.807, 2.05) is 0 Å². The van der Waals surface area contributed by atoms with Gasteiger partial charge in [-0.1, -0.05) is 17.7 Å². The van der Waals surface area contributed by atoms with E-state index in [1.165, 1.54) is 18.2 Å². The van der Waals surface area contributed by atoms with Crippen molar-refractivity contribution < 1.29 is 39.5 Å². The van der Waals surface area contributed by atoms with Crippen molar-refractivity contribution in [1.29, 1.82) is 0 Å². The number of rotatable bonds is 1. The number of hydrogen-bond acceptors (Lipinski definition) is 3. The molecule has 0 amide bonds. The predicted molar refractivity (Wildman–Crippen MR) is 40.2 cm³/mol. The molecule has 0 atom stereocenters. The number of halogens is 1. The van der Waals surface area contributed by atoms with E-state index in [4.69, 9.17) is 17.3 Å². The van der Waals surface area contributed by atoms with Gasteiger partial charge in [0.1, 0.15) is 0 Å². The normalized spacial score (nSPS) is 8.75. The van der Waals surface area contributed by atoms with Crippen LogP contribution in [0, 0.1) is 0 Å². The Bertz CT molecular complexity index is 303. The van der Waals surface area contributed by atoms with Crippen LogP contribution in [0.5, 0.6) is 0 Å². The predicted octanol–water partition coefficient (Wildman–Crippen LogP) is -2.71. The molecule has 1 rings (SSSR count). The van der Waals surface area contributed by atoms with Crippen LogP contribution in [0.15, 0.2) is 18.2 Å². The summed E-state index contributed by atoms with van der Waals surface area (Å²) in [6.45, 7) is 0. The van der Waals surface area contributed by atoms with Crippen molar-refractivity contribution in [2.45, 2.75) is 0 Å². The van der Waals surface area contributed by atoms with Crippen molar-refractivity contribution in [1.82, 2.24) is 0 Å². The molecule has 0 saturated carbocycles. The Morgan fingerprint density at radius 3 is 2.50 bits per heavy atom. The fraction of sp³-hybridized carbons (Fsp3) is 0. The van der Waals surface area contributed by atoms with Crippen molar-refractivity contribution in [3.63, 3.8) is 0 Å². The van der Waals surface area contributed by atoms with Crippen molar-refractivity contribution in [3.8, 4) is 0 Å². The summed E-state index contributed by atoms with van der Waals surface area (Å²) >= 11 is 5.55. The van der Waals surface area contributed by atoms with Crippen LogP contribution in [0.1, 0.15) is 10.4 Å². The third-order valence-corrected chi connectivity index (χ3v) is 1.58. The van der Waals surface area contributed by atoms with E-state index >= 15 is 0 Å². The largest absolute Gasteiger partial charge is 1.00 e. The molecule has 2 N–H and O–H groups in total. The van der Waals surface area contributed by atoms with Gasteiger partial charge in [-0.05, 0) is 17.7 Å². The third-order valence-electron chi connectivity index (χ3n) is 1.23. The minimum Gasteiger partial charge on any atom is -0.545 e. The molecule has 0 aliphatic rings. The fourth-order valence-electron chi connectivity index (χ4n) is 0.671. The van der Waals surface area contributed by atoms with Gasteiger partial charge in [-0.25, -0.2) is 0 Å². The molecule has 1 aromatic carbocycles. The van der Waals surface area contributed by atoms with E-state index < -0.39 is 5.97 Å². The van der Waals surface area contributed by atoms with Crippen molar-refractivity contribution in [3.05, 3.63) is 28.8 Å². The Labute approximate surface area is 96.8 Å². The van der Waals surface area contributed by atoms with E-state index in [0.29, 0.717) is 5.02 Å². The molecule has 0 heterocycles. The molecule has 12 heavy (non-hydrogen) atoms. The average molecular weight is 194 g/mol. The number of carboxylic acid groups (broad SMARTS) is 1. The molecule has 0 aromatic heterocycles. The second-order valence-corrected chi connectivity index (χ2v) is 2.43. The maximum absolute atomic E-state index is 10.3. The first-order valence-electron chi connectivity index (χ1n) is 2.87. The monoisotopic (exact) mass is 193 g/mol. The number of nitrogen functional groups attached to an aromatic ring is 1. The first kappa shape index (κ1) is 11.8. The van der Waals surface area contributed by atoms with Gasteiger partial charge >= 0.3 is 29.6 Å². The smallest absolute Gasteiger partial charge is 0.545 e. The summed E-state index contributed by atoms with van der Waals surface area (Å²) in [7, 11) is 0. The van der Waals surface area contributed by atoms with Gasteiger partial charge in [0.2, 0.25) is 0 Å². The molecule has 0 bridgehead atoms. The summed E-state index contributed by atoms with van der Waals surface area (Å²) in [4.78, 5) is 10.3. The zero-order valence-corrected chi connectivity index (χ0v) is 9.26. The molecule has 0 radical (unpaired) electrons. The minimum absolute atomic E-state index is 0. The van der Waals surface area contributed by atoms with Crippen LogP contribution >= 0.6 is 11.6 Å². The summed E-state index contributed by atoms with van der Waals surface area (Å²) < 4.78 is 0. The van der Waals surface area contributed by atoms with E-state index in [2.05, 4.69) is 0 Å². The van der Waals surface area contributed by atoms with Gasteiger partial charge < -0.3 is 15.6 Å². The number of aromatic carboxylic acids is 1. The van der Waals surface area contributed by atoms with Crippen LogP contribution in [-0.2, 0) is 0 Å². The van der Waals surface area contributed by atoms with Crippen LogP contribution in [0.3, 0.4) is 0 Å². The standard InChI is InChI=1S/C7H6ClNO2.Na/c8-5-2-1-4(7(10)11)3-6(5)9;/h1-3H,9H2,(H,10,11);/q;+1/p-1. The Kier molecular flexibility index (Phi) is 4.63. The van der Waals surface area contributed by atoms with E-state index in [1.54, 1.807) is 0 Å². The molecular weight excluding hydrogens is 189 g/mol. The quantitative estimate of drug-likeness (QED) is 0.390. The Morgan fingerprint density at radius 1 is 1.50 bits per heavy atom. The van der Waals surface area contributed by atoms with Crippen molar-refractivity contribution in [2.75, 3.05) is 5.73 Å². The molecule has 0 saturated heterocycles.